The molecule has 0 spiro atoms. The Morgan fingerprint density at radius 2 is 1.88 bits per heavy atom. The van der Waals surface area contributed by atoms with E-state index in [1.54, 1.807) is 0 Å². The van der Waals surface area contributed by atoms with E-state index < -0.39 is 0 Å². The summed E-state index contributed by atoms with van der Waals surface area (Å²) < 4.78 is 0. The van der Waals surface area contributed by atoms with Gasteiger partial charge in [0.25, 0.3) is 0 Å². The monoisotopic (exact) mass is 112 g/mol. The standard InChI is InChI=1S/C5H13BN2/c1-2-4-7-8-5-3-6/h7-8H,2-5H2,1H3. The third-order valence-electron chi connectivity index (χ3n) is 0.769. The van der Waals surface area contributed by atoms with E-state index in [9.17, 15) is 0 Å². The van der Waals surface area contributed by atoms with Gasteiger partial charge in [-0.3, -0.25) is 10.9 Å². The summed E-state index contributed by atoms with van der Waals surface area (Å²) in [4.78, 5) is 0. The Kier molecular flexibility index (Phi) is 6.97. The highest BCUT2D eigenvalue weighted by Gasteiger charge is 1.77. The first-order valence-electron chi connectivity index (χ1n) is 3.07. The highest BCUT2D eigenvalue weighted by molar-refractivity contribution is 6.08. The lowest BCUT2D eigenvalue weighted by Crippen LogP contribution is -2.32. The number of hydrogen-bond acceptors (Lipinski definition) is 2. The van der Waals surface area contributed by atoms with Crippen molar-refractivity contribution in [1.82, 2.24) is 10.9 Å². The molecule has 0 rings (SSSR count). The van der Waals surface area contributed by atoms with E-state index in [-0.39, 0.29) is 0 Å². The fourth-order valence-corrected chi connectivity index (χ4v) is 0.374. The minimum absolute atomic E-state index is 0.691. The quantitative estimate of drug-likeness (QED) is 0.299. The average molecular weight is 112 g/mol. The smallest absolute Gasteiger partial charge is 0.0670 e. The molecule has 0 aliphatic rings. The largest absolute Gasteiger partial charge is 0.259 e. The molecular formula is C5H13BN2. The topological polar surface area (TPSA) is 24.1 Å². The lowest BCUT2D eigenvalue weighted by molar-refractivity contribution is 0.548. The molecule has 46 valence electrons. The Labute approximate surface area is 52.4 Å². The van der Waals surface area contributed by atoms with Crippen LogP contribution < -0.4 is 10.9 Å². The molecule has 0 fully saturated rings. The van der Waals surface area contributed by atoms with Crippen molar-refractivity contribution in [2.24, 2.45) is 0 Å². The summed E-state index contributed by atoms with van der Waals surface area (Å²) in [5.41, 5.74) is 5.97. The van der Waals surface area contributed by atoms with Crippen molar-refractivity contribution in [3.05, 3.63) is 0 Å². The molecule has 0 aliphatic heterocycles. The van der Waals surface area contributed by atoms with Crippen LogP contribution in [0.1, 0.15) is 13.3 Å². The van der Waals surface area contributed by atoms with Crippen LogP contribution in [0.4, 0.5) is 0 Å². The molecule has 2 N–H and O–H groups in total. The Morgan fingerprint density at radius 3 is 2.38 bits per heavy atom. The molecule has 0 aromatic rings. The second-order valence-electron chi connectivity index (χ2n) is 1.64. The van der Waals surface area contributed by atoms with E-state index in [4.69, 9.17) is 7.85 Å². The minimum Gasteiger partial charge on any atom is -0.259 e. The zero-order valence-corrected chi connectivity index (χ0v) is 5.41. The van der Waals surface area contributed by atoms with Gasteiger partial charge in [0.05, 0.1) is 7.85 Å². The Balaban J connectivity index is 2.53. The molecule has 0 aliphatic carbocycles. The van der Waals surface area contributed by atoms with Gasteiger partial charge in [0, 0.05) is 13.1 Å². The van der Waals surface area contributed by atoms with Crippen molar-refractivity contribution in [2.75, 3.05) is 13.1 Å². The normalized spacial score (nSPS) is 9.62. The summed E-state index contributed by atoms with van der Waals surface area (Å²) in [5, 5.41) is 0. The summed E-state index contributed by atoms with van der Waals surface area (Å²) in [7, 11) is 5.21. The molecule has 0 amide bonds. The third kappa shape index (κ3) is 5.98. The fraction of sp³-hybridized carbons (Fsp3) is 1.00. The van der Waals surface area contributed by atoms with Gasteiger partial charge in [0.1, 0.15) is 0 Å². The first-order valence-corrected chi connectivity index (χ1v) is 3.07. The molecule has 0 bridgehead atoms. The molecule has 0 saturated heterocycles. The van der Waals surface area contributed by atoms with Crippen LogP contribution in [0.2, 0.25) is 6.32 Å². The van der Waals surface area contributed by atoms with E-state index in [1.807, 2.05) is 0 Å². The zero-order chi connectivity index (χ0) is 6.24. The molecule has 0 saturated carbocycles. The number of hydrazine groups is 1. The summed E-state index contributed by atoms with van der Waals surface area (Å²) in [5.74, 6) is 0. The maximum atomic E-state index is 5.21. The first-order chi connectivity index (χ1) is 3.91. The van der Waals surface area contributed by atoms with Crippen LogP contribution in [0.5, 0.6) is 0 Å². The Bertz CT molecular complexity index is 35.4. The molecule has 3 heteroatoms. The lowest BCUT2D eigenvalue weighted by atomic mass is 10.1. The molecule has 8 heavy (non-hydrogen) atoms. The van der Waals surface area contributed by atoms with E-state index in [2.05, 4.69) is 17.8 Å². The van der Waals surface area contributed by atoms with Crippen molar-refractivity contribution in [2.45, 2.75) is 19.7 Å². The van der Waals surface area contributed by atoms with Gasteiger partial charge in [0.2, 0.25) is 0 Å². The molecule has 2 nitrogen and oxygen atoms in total. The highest BCUT2D eigenvalue weighted by Crippen LogP contribution is 1.66. The molecule has 0 atom stereocenters. The predicted octanol–water partition coefficient (Wildman–Crippen LogP) is 0.0774. The van der Waals surface area contributed by atoms with Crippen molar-refractivity contribution in [3.63, 3.8) is 0 Å². The van der Waals surface area contributed by atoms with Crippen molar-refractivity contribution in [3.8, 4) is 0 Å². The fourth-order valence-electron chi connectivity index (χ4n) is 0.374. The van der Waals surface area contributed by atoms with Crippen LogP contribution in [0, 0.1) is 0 Å². The third-order valence-corrected chi connectivity index (χ3v) is 0.769. The van der Waals surface area contributed by atoms with Gasteiger partial charge in [-0.15, -0.1) is 0 Å². The maximum absolute atomic E-state index is 5.21. The molecule has 0 unspecified atom stereocenters. The number of nitrogens with one attached hydrogen (secondary N) is 2. The van der Waals surface area contributed by atoms with E-state index >= 15 is 0 Å². The van der Waals surface area contributed by atoms with E-state index in [0.29, 0.717) is 6.32 Å². The Hall–Kier alpha value is -0.0151. The van der Waals surface area contributed by atoms with Gasteiger partial charge in [-0.25, -0.2) is 0 Å². The predicted molar refractivity (Wildman–Crippen MR) is 36.9 cm³/mol. The van der Waals surface area contributed by atoms with Gasteiger partial charge in [-0.05, 0) is 6.42 Å². The van der Waals surface area contributed by atoms with Gasteiger partial charge in [-0.1, -0.05) is 13.2 Å². The zero-order valence-electron chi connectivity index (χ0n) is 5.41. The van der Waals surface area contributed by atoms with Crippen molar-refractivity contribution >= 4 is 7.85 Å². The lowest BCUT2D eigenvalue weighted by Gasteiger charge is -2.01. The van der Waals surface area contributed by atoms with Crippen LogP contribution >= 0.6 is 0 Å². The van der Waals surface area contributed by atoms with E-state index in [1.165, 1.54) is 0 Å². The van der Waals surface area contributed by atoms with Crippen LogP contribution in [-0.4, -0.2) is 20.9 Å². The number of rotatable bonds is 5. The summed E-state index contributed by atoms with van der Waals surface area (Å²) in [6, 6.07) is 0. The molecule has 0 aromatic heterocycles. The van der Waals surface area contributed by atoms with Crippen LogP contribution in [0.25, 0.3) is 0 Å². The van der Waals surface area contributed by atoms with E-state index in [0.717, 1.165) is 19.5 Å². The Morgan fingerprint density at radius 1 is 1.25 bits per heavy atom. The van der Waals surface area contributed by atoms with Crippen LogP contribution in [0.15, 0.2) is 0 Å². The van der Waals surface area contributed by atoms with Gasteiger partial charge < -0.3 is 0 Å². The first kappa shape index (κ1) is 7.98. The van der Waals surface area contributed by atoms with Crippen LogP contribution in [-0.2, 0) is 0 Å². The molecule has 0 heterocycles. The van der Waals surface area contributed by atoms with Gasteiger partial charge >= 0.3 is 0 Å². The second-order valence-corrected chi connectivity index (χ2v) is 1.64. The maximum Gasteiger partial charge on any atom is 0.0670 e. The molecule has 2 radical (unpaired) electrons. The summed E-state index contributed by atoms with van der Waals surface area (Å²) in [6.45, 7) is 3.98. The summed E-state index contributed by atoms with van der Waals surface area (Å²) in [6.07, 6.45) is 1.84. The SMILES string of the molecule is [B]CCNNCCC. The van der Waals surface area contributed by atoms with Crippen LogP contribution in [0.3, 0.4) is 0 Å². The molecule has 0 aromatic carbocycles. The number of hydrogen-bond donors (Lipinski definition) is 2. The summed E-state index contributed by atoms with van der Waals surface area (Å²) >= 11 is 0. The van der Waals surface area contributed by atoms with Gasteiger partial charge in [0.15, 0.2) is 0 Å². The van der Waals surface area contributed by atoms with Crippen molar-refractivity contribution in [1.29, 1.82) is 0 Å². The molecular weight excluding hydrogens is 98.9 g/mol. The average Bonchev–Trinajstić information content (AvgIpc) is 1.81. The minimum atomic E-state index is 0.691. The van der Waals surface area contributed by atoms with Crippen molar-refractivity contribution < 1.29 is 0 Å². The second kappa shape index (κ2) is 6.98. The highest BCUT2D eigenvalue weighted by atomic mass is 15.3. The van der Waals surface area contributed by atoms with Gasteiger partial charge in [-0.2, -0.15) is 0 Å².